The molecule has 132 valence electrons. The summed E-state index contributed by atoms with van der Waals surface area (Å²) in [6.07, 6.45) is 1.56. The van der Waals surface area contributed by atoms with Gasteiger partial charge in [0.25, 0.3) is 5.91 Å². The summed E-state index contributed by atoms with van der Waals surface area (Å²) in [5.41, 5.74) is 4.56. The fraction of sp³-hybridized carbons (Fsp3) is 0.158. The van der Waals surface area contributed by atoms with Crippen molar-refractivity contribution >= 4 is 23.0 Å². The number of methoxy groups -OCH3 is 1. The first-order valence-corrected chi connectivity index (χ1v) is 8.13. The second kappa shape index (κ2) is 6.79. The van der Waals surface area contributed by atoms with Crippen molar-refractivity contribution < 1.29 is 19.0 Å². The molecule has 1 aliphatic rings. The first-order chi connectivity index (χ1) is 12.7. The average molecular weight is 351 g/mol. The highest BCUT2D eigenvalue weighted by Gasteiger charge is 2.11. The van der Waals surface area contributed by atoms with Crippen LogP contribution in [0.4, 0.5) is 0 Å². The van der Waals surface area contributed by atoms with E-state index < -0.39 is 0 Å². The lowest BCUT2D eigenvalue weighted by Crippen LogP contribution is -2.18. The second-order valence-corrected chi connectivity index (χ2v) is 5.74. The Morgan fingerprint density at radius 2 is 2.00 bits per heavy atom. The number of H-pyrrole nitrogens is 1. The van der Waals surface area contributed by atoms with Crippen LogP contribution in [0.15, 0.2) is 47.6 Å². The van der Waals surface area contributed by atoms with Crippen LogP contribution in [-0.2, 0) is 0 Å². The minimum Gasteiger partial charge on any atom is -0.497 e. The van der Waals surface area contributed by atoms with E-state index in [4.69, 9.17) is 14.2 Å². The van der Waals surface area contributed by atoms with E-state index in [0.717, 1.165) is 22.2 Å². The Morgan fingerprint density at radius 1 is 1.15 bits per heavy atom. The quantitative estimate of drug-likeness (QED) is 0.559. The van der Waals surface area contributed by atoms with Gasteiger partial charge in [0.15, 0.2) is 11.5 Å². The van der Waals surface area contributed by atoms with E-state index >= 15 is 0 Å². The van der Waals surface area contributed by atoms with Crippen molar-refractivity contribution in [3.05, 3.63) is 53.7 Å². The molecule has 0 atom stereocenters. The van der Waals surface area contributed by atoms with Crippen molar-refractivity contribution in [2.75, 3.05) is 20.3 Å². The first kappa shape index (κ1) is 16.0. The van der Waals surface area contributed by atoms with Crippen molar-refractivity contribution in [2.24, 2.45) is 5.10 Å². The fourth-order valence-electron chi connectivity index (χ4n) is 2.72. The number of hydrazone groups is 1. The number of nitrogens with one attached hydrogen (secondary N) is 2. The van der Waals surface area contributed by atoms with E-state index in [-0.39, 0.29) is 5.91 Å². The van der Waals surface area contributed by atoms with Crippen LogP contribution in [0.5, 0.6) is 17.2 Å². The molecular weight excluding hydrogens is 334 g/mol. The number of aromatic amines is 1. The highest BCUT2D eigenvalue weighted by molar-refractivity contribution is 5.98. The van der Waals surface area contributed by atoms with Gasteiger partial charge in [0.05, 0.1) is 13.3 Å². The summed E-state index contributed by atoms with van der Waals surface area (Å²) in [7, 11) is 1.60. The van der Waals surface area contributed by atoms with Gasteiger partial charge in [0.1, 0.15) is 24.7 Å². The zero-order valence-corrected chi connectivity index (χ0v) is 14.1. The number of hydrogen-bond donors (Lipinski definition) is 2. The van der Waals surface area contributed by atoms with Gasteiger partial charge in [-0.05, 0) is 42.0 Å². The standard InChI is InChI=1S/C19H17N3O4/c1-24-14-4-3-13-9-16(21-15(13)10-14)19(23)22-20-11-12-2-5-17-18(8-12)26-7-6-25-17/h2-5,8-11,21H,6-7H2,1H3,(H,22,23)/b20-11-. The van der Waals surface area contributed by atoms with Gasteiger partial charge in [-0.1, -0.05) is 0 Å². The summed E-state index contributed by atoms with van der Waals surface area (Å²) in [6.45, 7) is 1.07. The smallest absolute Gasteiger partial charge is 0.287 e. The van der Waals surface area contributed by atoms with E-state index in [0.29, 0.717) is 30.4 Å². The number of aromatic nitrogens is 1. The average Bonchev–Trinajstić information content (AvgIpc) is 3.11. The monoisotopic (exact) mass is 351 g/mol. The Hall–Kier alpha value is -3.48. The number of carbonyl (C=O) groups is 1. The van der Waals surface area contributed by atoms with Crippen molar-refractivity contribution in [3.63, 3.8) is 0 Å². The normalized spacial score (nSPS) is 13.1. The van der Waals surface area contributed by atoms with Crippen molar-refractivity contribution in [3.8, 4) is 17.2 Å². The number of nitrogens with zero attached hydrogens (tertiary/aromatic N) is 1. The number of amides is 1. The maximum Gasteiger partial charge on any atom is 0.287 e. The number of ether oxygens (including phenoxy) is 3. The van der Waals surface area contributed by atoms with E-state index in [1.807, 2.05) is 36.4 Å². The topological polar surface area (TPSA) is 84.9 Å². The molecule has 3 aromatic rings. The zero-order chi connectivity index (χ0) is 17.9. The Kier molecular flexibility index (Phi) is 4.18. The Labute approximate surface area is 149 Å². The lowest BCUT2D eigenvalue weighted by atomic mass is 10.2. The third-order valence-corrected chi connectivity index (χ3v) is 4.02. The number of hydrogen-bond acceptors (Lipinski definition) is 5. The molecule has 4 rings (SSSR count). The number of benzene rings is 2. The summed E-state index contributed by atoms with van der Waals surface area (Å²) >= 11 is 0. The molecule has 0 fully saturated rings. The van der Waals surface area contributed by atoms with Crippen LogP contribution in [0.25, 0.3) is 10.9 Å². The number of rotatable bonds is 4. The van der Waals surface area contributed by atoms with Gasteiger partial charge in [-0.15, -0.1) is 0 Å². The van der Waals surface area contributed by atoms with Crippen LogP contribution in [-0.4, -0.2) is 37.4 Å². The Balaban J connectivity index is 1.45. The van der Waals surface area contributed by atoms with Gasteiger partial charge >= 0.3 is 0 Å². The lowest BCUT2D eigenvalue weighted by molar-refractivity contribution is 0.0951. The molecule has 0 spiro atoms. The van der Waals surface area contributed by atoms with E-state index in [1.54, 1.807) is 19.4 Å². The fourth-order valence-corrected chi connectivity index (χ4v) is 2.72. The second-order valence-electron chi connectivity index (χ2n) is 5.74. The van der Waals surface area contributed by atoms with Gasteiger partial charge in [-0.2, -0.15) is 5.10 Å². The first-order valence-electron chi connectivity index (χ1n) is 8.13. The number of carbonyl (C=O) groups excluding carboxylic acids is 1. The predicted molar refractivity (Wildman–Crippen MR) is 97.3 cm³/mol. The van der Waals surface area contributed by atoms with Crippen LogP contribution in [0, 0.1) is 0 Å². The van der Waals surface area contributed by atoms with Crippen molar-refractivity contribution in [1.29, 1.82) is 0 Å². The molecule has 0 saturated carbocycles. The molecular formula is C19H17N3O4. The molecule has 26 heavy (non-hydrogen) atoms. The molecule has 2 N–H and O–H groups in total. The van der Waals surface area contributed by atoms with Crippen LogP contribution in [0.1, 0.15) is 16.1 Å². The van der Waals surface area contributed by atoms with Crippen LogP contribution in [0.3, 0.4) is 0 Å². The minimum absolute atomic E-state index is 0.325. The Morgan fingerprint density at radius 3 is 2.85 bits per heavy atom. The highest BCUT2D eigenvalue weighted by atomic mass is 16.6. The predicted octanol–water partition coefficient (Wildman–Crippen LogP) is 2.71. The van der Waals surface area contributed by atoms with Gasteiger partial charge in [0, 0.05) is 17.0 Å². The van der Waals surface area contributed by atoms with Gasteiger partial charge in [-0.3, -0.25) is 4.79 Å². The third-order valence-electron chi connectivity index (χ3n) is 4.02. The minimum atomic E-state index is -0.325. The van der Waals surface area contributed by atoms with Gasteiger partial charge in [0.2, 0.25) is 0 Å². The molecule has 7 heteroatoms. The van der Waals surface area contributed by atoms with Crippen LogP contribution < -0.4 is 19.6 Å². The van der Waals surface area contributed by atoms with Crippen molar-refractivity contribution in [1.82, 2.24) is 10.4 Å². The van der Waals surface area contributed by atoms with E-state index in [9.17, 15) is 4.79 Å². The SMILES string of the molecule is COc1ccc2cc(C(=O)N/N=C\c3ccc4c(c3)OCCO4)[nH]c2c1. The van der Waals surface area contributed by atoms with Crippen LogP contribution in [0.2, 0.25) is 0 Å². The summed E-state index contributed by atoms with van der Waals surface area (Å²) < 4.78 is 16.2. The van der Waals surface area contributed by atoms with Crippen molar-refractivity contribution in [2.45, 2.75) is 0 Å². The maximum absolute atomic E-state index is 12.3. The summed E-state index contributed by atoms with van der Waals surface area (Å²) in [5.74, 6) is 1.79. The lowest BCUT2D eigenvalue weighted by Gasteiger charge is -2.18. The molecule has 0 saturated heterocycles. The maximum atomic E-state index is 12.3. The molecule has 0 aliphatic carbocycles. The summed E-state index contributed by atoms with van der Waals surface area (Å²) in [5, 5.41) is 4.93. The summed E-state index contributed by atoms with van der Waals surface area (Å²) in [6, 6.07) is 12.8. The van der Waals surface area contributed by atoms with E-state index in [2.05, 4.69) is 15.5 Å². The molecule has 1 amide bonds. The molecule has 0 bridgehead atoms. The summed E-state index contributed by atoms with van der Waals surface area (Å²) in [4.78, 5) is 15.3. The Bertz CT molecular complexity index is 994. The molecule has 2 heterocycles. The van der Waals surface area contributed by atoms with Gasteiger partial charge < -0.3 is 19.2 Å². The molecule has 7 nitrogen and oxygen atoms in total. The third kappa shape index (κ3) is 3.19. The molecule has 0 radical (unpaired) electrons. The molecule has 1 aromatic heterocycles. The molecule has 2 aromatic carbocycles. The van der Waals surface area contributed by atoms with Gasteiger partial charge in [-0.25, -0.2) is 5.43 Å². The largest absolute Gasteiger partial charge is 0.497 e. The van der Waals surface area contributed by atoms with Crippen LogP contribution >= 0.6 is 0 Å². The molecule has 0 unspecified atom stereocenters. The van der Waals surface area contributed by atoms with E-state index in [1.165, 1.54) is 0 Å². The highest BCUT2D eigenvalue weighted by Crippen LogP contribution is 2.30. The molecule has 1 aliphatic heterocycles. The zero-order valence-electron chi connectivity index (χ0n) is 14.1. The number of fused-ring (bicyclic) bond motifs is 2.